The smallest absolute Gasteiger partial charge is 0.410 e. The number of anilines is 1. The van der Waals surface area contributed by atoms with Crippen molar-refractivity contribution >= 4 is 28.6 Å². The van der Waals surface area contributed by atoms with E-state index in [1.807, 2.05) is 69.6 Å². The molecular formula is C37H40N6O4. The van der Waals surface area contributed by atoms with Crippen molar-refractivity contribution in [3.8, 4) is 11.1 Å². The zero-order valence-electron chi connectivity index (χ0n) is 27.7. The zero-order chi connectivity index (χ0) is 33.5. The van der Waals surface area contributed by atoms with Gasteiger partial charge in [-0.3, -0.25) is 14.8 Å². The Morgan fingerprint density at radius 2 is 1.77 bits per heavy atom. The Morgan fingerprint density at radius 1 is 1.02 bits per heavy atom. The number of amides is 2. The van der Waals surface area contributed by atoms with E-state index in [4.69, 9.17) is 4.74 Å². The van der Waals surface area contributed by atoms with Crippen molar-refractivity contribution in [2.24, 2.45) is 7.05 Å². The van der Waals surface area contributed by atoms with Crippen LogP contribution in [0.3, 0.4) is 0 Å². The van der Waals surface area contributed by atoms with E-state index in [1.54, 1.807) is 17.3 Å². The highest BCUT2D eigenvalue weighted by Crippen LogP contribution is 2.33. The van der Waals surface area contributed by atoms with Crippen molar-refractivity contribution in [3.05, 3.63) is 106 Å². The van der Waals surface area contributed by atoms with Crippen molar-refractivity contribution in [3.63, 3.8) is 0 Å². The van der Waals surface area contributed by atoms with Crippen LogP contribution in [0.15, 0.2) is 60.9 Å². The molecule has 242 valence electrons. The number of pyridine rings is 2. The monoisotopic (exact) mass is 632 g/mol. The fourth-order valence-electron chi connectivity index (χ4n) is 6.18. The van der Waals surface area contributed by atoms with Crippen LogP contribution in [0.4, 0.5) is 10.5 Å². The molecule has 4 heterocycles. The van der Waals surface area contributed by atoms with Gasteiger partial charge in [-0.25, -0.2) is 9.78 Å². The standard InChI is InChI=1S/C37H40N6O4/c1-22-25(18-30-33-26(13-15-38-30)17-24(21-44)19-39-33)9-7-10-27(22)28-11-8-12-29(23(28)2)41-35(45)34-40-31-20-43(16-14-32(31)42(34)6)36(46)47-37(3,4)5/h7-13,15,17,19,44H,14,16,18,20-21H2,1-6H3,(H,41,45). The molecule has 1 aliphatic rings. The number of nitrogens with zero attached hydrogens (tertiary/aromatic N) is 5. The van der Waals surface area contributed by atoms with Crippen LogP contribution in [0, 0.1) is 13.8 Å². The van der Waals surface area contributed by atoms with Crippen LogP contribution in [-0.2, 0) is 37.8 Å². The van der Waals surface area contributed by atoms with E-state index in [2.05, 4.69) is 45.4 Å². The molecule has 6 rings (SSSR count). The lowest BCUT2D eigenvalue weighted by Crippen LogP contribution is -2.40. The maximum Gasteiger partial charge on any atom is 0.410 e. The average Bonchev–Trinajstić information content (AvgIpc) is 3.38. The molecule has 1 aliphatic heterocycles. The summed E-state index contributed by atoms with van der Waals surface area (Å²) in [5, 5.41) is 13.6. The van der Waals surface area contributed by atoms with E-state index in [9.17, 15) is 14.7 Å². The number of ether oxygens (including phenoxy) is 1. The molecule has 2 amide bonds. The first-order valence-electron chi connectivity index (χ1n) is 15.8. The second kappa shape index (κ2) is 12.6. The fourth-order valence-corrected chi connectivity index (χ4v) is 6.18. The van der Waals surface area contributed by atoms with Crippen LogP contribution in [0.2, 0.25) is 0 Å². The lowest BCUT2D eigenvalue weighted by atomic mass is 9.91. The maximum atomic E-state index is 13.6. The van der Waals surface area contributed by atoms with Crippen molar-refractivity contribution in [2.75, 3.05) is 11.9 Å². The summed E-state index contributed by atoms with van der Waals surface area (Å²) in [4.78, 5) is 41.8. The Balaban J connectivity index is 1.23. The van der Waals surface area contributed by atoms with E-state index < -0.39 is 5.60 Å². The first-order valence-corrected chi connectivity index (χ1v) is 15.8. The molecule has 0 spiro atoms. The van der Waals surface area contributed by atoms with Gasteiger partial charge in [0.15, 0.2) is 5.82 Å². The van der Waals surface area contributed by atoms with Crippen LogP contribution >= 0.6 is 0 Å². The third-order valence-electron chi connectivity index (χ3n) is 8.70. The number of aliphatic hydroxyl groups is 1. The van der Waals surface area contributed by atoms with Crippen LogP contribution < -0.4 is 5.32 Å². The number of hydrogen-bond donors (Lipinski definition) is 2. The Bertz CT molecular complexity index is 2010. The van der Waals surface area contributed by atoms with Gasteiger partial charge in [0.1, 0.15) is 5.60 Å². The number of carbonyl (C=O) groups excluding carboxylic acids is 2. The highest BCUT2D eigenvalue weighted by atomic mass is 16.6. The molecule has 10 heteroatoms. The van der Waals surface area contributed by atoms with Gasteiger partial charge in [0.05, 0.1) is 30.1 Å². The third-order valence-corrected chi connectivity index (χ3v) is 8.70. The molecule has 0 bridgehead atoms. The summed E-state index contributed by atoms with van der Waals surface area (Å²) < 4.78 is 7.37. The summed E-state index contributed by atoms with van der Waals surface area (Å²) in [7, 11) is 1.84. The van der Waals surface area contributed by atoms with Gasteiger partial charge in [-0.2, -0.15) is 0 Å². The predicted octanol–water partition coefficient (Wildman–Crippen LogP) is 6.28. The van der Waals surface area contributed by atoms with Crippen LogP contribution in [0.5, 0.6) is 0 Å². The zero-order valence-corrected chi connectivity index (χ0v) is 27.7. The van der Waals surface area contributed by atoms with Gasteiger partial charge < -0.3 is 24.6 Å². The van der Waals surface area contributed by atoms with Gasteiger partial charge in [-0.1, -0.05) is 30.3 Å². The van der Waals surface area contributed by atoms with Crippen molar-refractivity contribution in [1.82, 2.24) is 24.4 Å². The van der Waals surface area contributed by atoms with Crippen molar-refractivity contribution in [1.29, 1.82) is 0 Å². The molecule has 0 atom stereocenters. The topological polar surface area (TPSA) is 122 Å². The van der Waals surface area contributed by atoms with Crippen LogP contribution in [-0.4, -0.2) is 53.7 Å². The lowest BCUT2D eigenvalue weighted by Gasteiger charge is -2.29. The number of aliphatic hydroxyl groups excluding tert-OH is 1. The predicted molar refractivity (Wildman–Crippen MR) is 181 cm³/mol. The van der Waals surface area contributed by atoms with Crippen molar-refractivity contribution < 1.29 is 19.4 Å². The van der Waals surface area contributed by atoms with Gasteiger partial charge in [-0.05, 0) is 86.2 Å². The first-order chi connectivity index (χ1) is 22.4. The quantitative estimate of drug-likeness (QED) is 0.226. The average molecular weight is 633 g/mol. The number of benzene rings is 2. The highest BCUT2D eigenvalue weighted by Gasteiger charge is 2.30. The van der Waals surface area contributed by atoms with Gasteiger partial charge in [-0.15, -0.1) is 0 Å². The molecule has 5 aromatic rings. The third kappa shape index (κ3) is 6.46. The van der Waals surface area contributed by atoms with E-state index in [0.717, 1.165) is 55.7 Å². The minimum Gasteiger partial charge on any atom is -0.444 e. The van der Waals surface area contributed by atoms with Crippen LogP contribution in [0.25, 0.3) is 22.0 Å². The minimum absolute atomic E-state index is 0.0566. The fraction of sp³-hybridized carbons (Fsp3) is 0.324. The molecular weight excluding hydrogens is 592 g/mol. The molecule has 0 unspecified atom stereocenters. The molecule has 0 aliphatic carbocycles. The van der Waals surface area contributed by atoms with E-state index in [0.29, 0.717) is 43.1 Å². The second-order valence-corrected chi connectivity index (χ2v) is 13.1. The summed E-state index contributed by atoms with van der Waals surface area (Å²) >= 11 is 0. The van der Waals surface area contributed by atoms with E-state index in [-0.39, 0.29) is 18.6 Å². The molecule has 2 aromatic carbocycles. The highest BCUT2D eigenvalue weighted by molar-refractivity contribution is 6.03. The summed E-state index contributed by atoms with van der Waals surface area (Å²) in [5.41, 5.74) is 9.51. The number of nitrogens with one attached hydrogen (secondary N) is 1. The molecule has 0 saturated heterocycles. The molecule has 10 nitrogen and oxygen atoms in total. The maximum absolute atomic E-state index is 13.6. The first kappa shape index (κ1) is 31.9. The molecule has 2 N–H and O–H groups in total. The number of carbonyl (C=O) groups is 2. The molecule has 0 radical (unpaired) electrons. The Morgan fingerprint density at radius 3 is 2.51 bits per heavy atom. The van der Waals surface area contributed by atoms with Crippen LogP contribution in [0.1, 0.15) is 70.7 Å². The number of hydrogen-bond acceptors (Lipinski definition) is 7. The minimum atomic E-state index is -0.587. The summed E-state index contributed by atoms with van der Waals surface area (Å²) in [6, 6.07) is 16.0. The summed E-state index contributed by atoms with van der Waals surface area (Å²) in [6.45, 7) is 10.4. The number of fused-ring (bicyclic) bond motifs is 2. The van der Waals surface area contributed by atoms with Gasteiger partial charge in [0.25, 0.3) is 5.91 Å². The molecule has 0 fully saturated rings. The number of imidazole rings is 1. The molecule has 47 heavy (non-hydrogen) atoms. The van der Waals surface area contributed by atoms with Gasteiger partial charge in [0.2, 0.25) is 0 Å². The number of rotatable bonds is 6. The largest absolute Gasteiger partial charge is 0.444 e. The van der Waals surface area contributed by atoms with Gasteiger partial charge >= 0.3 is 6.09 Å². The molecule has 0 saturated carbocycles. The van der Waals surface area contributed by atoms with Gasteiger partial charge in [0, 0.05) is 55.6 Å². The molecule has 3 aromatic heterocycles. The Kier molecular flexibility index (Phi) is 8.55. The summed E-state index contributed by atoms with van der Waals surface area (Å²) in [6.07, 6.45) is 4.29. The van der Waals surface area contributed by atoms with Crippen molar-refractivity contribution in [2.45, 2.75) is 66.2 Å². The Hall–Kier alpha value is -5.09. The van der Waals surface area contributed by atoms with E-state index in [1.165, 1.54) is 0 Å². The lowest BCUT2D eigenvalue weighted by molar-refractivity contribution is 0.0220. The number of aromatic nitrogens is 4. The SMILES string of the molecule is Cc1c(Cc2nccc3cc(CO)cnc23)cccc1-c1cccc(NC(=O)c2nc3c(n2C)CCN(C(=O)OC(C)(C)C)C3)c1C. The summed E-state index contributed by atoms with van der Waals surface area (Å²) in [5.74, 6) is -0.0124. The normalized spacial score (nSPS) is 13.0. The second-order valence-electron chi connectivity index (χ2n) is 13.1. The van der Waals surface area contributed by atoms with E-state index >= 15 is 0 Å². The Labute approximate surface area is 274 Å².